The first-order valence-corrected chi connectivity index (χ1v) is 10.9. The van der Waals surface area contributed by atoms with Crippen LogP contribution in [0.15, 0.2) is 12.4 Å². The second-order valence-corrected chi connectivity index (χ2v) is 8.62. The Morgan fingerprint density at radius 3 is 2.97 bits per heavy atom. The maximum Gasteiger partial charge on any atom is 0.418 e. The Hall–Kier alpha value is -2.33. The van der Waals surface area contributed by atoms with Gasteiger partial charge in [0.05, 0.1) is 18.8 Å². The molecule has 0 radical (unpaired) electrons. The monoisotopic (exact) mass is 445 g/mol. The van der Waals surface area contributed by atoms with E-state index in [0.717, 1.165) is 19.5 Å². The first-order valence-electron chi connectivity index (χ1n) is 9.56. The predicted molar refractivity (Wildman–Crippen MR) is 97.4 cm³/mol. The molecule has 1 aromatic rings. The molecule has 0 aromatic carbocycles. The molecule has 166 valence electrons. The van der Waals surface area contributed by atoms with Crippen LogP contribution in [-0.4, -0.2) is 87.7 Å². The van der Waals surface area contributed by atoms with Crippen molar-refractivity contribution < 1.29 is 31.7 Å². The normalized spacial score (nSPS) is 28.9. The van der Waals surface area contributed by atoms with Crippen molar-refractivity contribution in [1.82, 2.24) is 35.8 Å². The van der Waals surface area contributed by atoms with Gasteiger partial charge in [0, 0.05) is 31.9 Å². The van der Waals surface area contributed by atoms with Crippen LogP contribution in [0.2, 0.25) is 0 Å². The van der Waals surface area contributed by atoms with E-state index in [9.17, 15) is 18.0 Å². The lowest BCUT2D eigenvalue weighted by Gasteiger charge is -2.29. The third kappa shape index (κ3) is 4.70. The number of hydroxylamine groups is 3. The maximum absolute atomic E-state index is 12.5. The van der Waals surface area contributed by atoms with Crippen molar-refractivity contribution >= 4 is 22.3 Å². The number of urea groups is 1. The summed E-state index contributed by atoms with van der Waals surface area (Å²) in [7, 11) is -4.82. The van der Waals surface area contributed by atoms with Crippen molar-refractivity contribution in [2.45, 2.75) is 43.9 Å². The number of nitrogens with one attached hydrogen (secondary N) is 2. The van der Waals surface area contributed by atoms with Gasteiger partial charge in [-0.15, -0.1) is 9.38 Å². The highest BCUT2D eigenvalue weighted by molar-refractivity contribution is 7.80. The molecule has 2 unspecified atom stereocenters. The zero-order valence-electron chi connectivity index (χ0n) is 16.0. The summed E-state index contributed by atoms with van der Waals surface area (Å²) < 4.78 is 36.8. The molecule has 4 heterocycles. The summed E-state index contributed by atoms with van der Waals surface area (Å²) in [6.45, 7) is 1.94. The SMILES string of the molecule is O=C(NOC[C@@H]1C[C@H](Cn2ccnn2)CN1)C1CCC2CN1C(=O)N2OS(=O)(=O)O. The average molecular weight is 445 g/mol. The van der Waals surface area contributed by atoms with Crippen LogP contribution in [0.1, 0.15) is 19.3 Å². The molecule has 4 rings (SSSR count). The second kappa shape index (κ2) is 8.43. The molecule has 3 aliphatic rings. The van der Waals surface area contributed by atoms with Crippen LogP contribution in [0.4, 0.5) is 4.79 Å². The van der Waals surface area contributed by atoms with E-state index in [1.807, 2.05) is 0 Å². The summed E-state index contributed by atoms with van der Waals surface area (Å²) in [5, 5.41) is 11.7. The van der Waals surface area contributed by atoms with Crippen molar-refractivity contribution in [2.24, 2.45) is 5.92 Å². The van der Waals surface area contributed by atoms with E-state index in [2.05, 4.69) is 25.4 Å². The molecule has 1 aromatic heterocycles. The topological polar surface area (TPSA) is 168 Å². The first-order chi connectivity index (χ1) is 14.3. The van der Waals surface area contributed by atoms with E-state index in [0.29, 0.717) is 23.8 Å². The molecular weight excluding hydrogens is 422 g/mol. The number of nitrogens with zero attached hydrogens (tertiary/aromatic N) is 5. The number of fused-ring (bicyclic) bond motifs is 2. The van der Waals surface area contributed by atoms with Gasteiger partial charge in [0.1, 0.15) is 6.04 Å². The molecule has 0 saturated carbocycles. The van der Waals surface area contributed by atoms with Crippen LogP contribution >= 0.6 is 0 Å². The van der Waals surface area contributed by atoms with Crippen LogP contribution < -0.4 is 10.8 Å². The maximum atomic E-state index is 12.5. The van der Waals surface area contributed by atoms with Crippen molar-refractivity contribution in [3.63, 3.8) is 0 Å². The van der Waals surface area contributed by atoms with Crippen LogP contribution in [0.5, 0.6) is 0 Å². The van der Waals surface area contributed by atoms with Gasteiger partial charge in [0.15, 0.2) is 0 Å². The highest BCUT2D eigenvalue weighted by Crippen LogP contribution is 2.30. The van der Waals surface area contributed by atoms with Crippen LogP contribution in [0.25, 0.3) is 0 Å². The number of piperidine rings is 1. The number of aromatic nitrogens is 3. The van der Waals surface area contributed by atoms with E-state index >= 15 is 0 Å². The lowest BCUT2D eigenvalue weighted by atomic mass is 10.0. The summed E-state index contributed by atoms with van der Waals surface area (Å²) >= 11 is 0. The van der Waals surface area contributed by atoms with Gasteiger partial charge in [-0.1, -0.05) is 5.21 Å². The summed E-state index contributed by atoms with van der Waals surface area (Å²) in [5.41, 5.74) is 2.38. The smallest absolute Gasteiger partial charge is 0.311 e. The fourth-order valence-electron chi connectivity index (χ4n) is 4.15. The highest BCUT2D eigenvalue weighted by Gasteiger charge is 2.49. The summed E-state index contributed by atoms with van der Waals surface area (Å²) in [6.07, 6.45) is 4.96. The minimum Gasteiger partial charge on any atom is -0.311 e. The molecule has 3 aliphatic heterocycles. The van der Waals surface area contributed by atoms with Gasteiger partial charge in [0.25, 0.3) is 5.91 Å². The fourth-order valence-corrected chi connectivity index (χ4v) is 4.54. The van der Waals surface area contributed by atoms with Gasteiger partial charge in [0.2, 0.25) is 0 Å². The Morgan fingerprint density at radius 1 is 1.40 bits per heavy atom. The lowest BCUT2D eigenvalue weighted by Crippen LogP contribution is -2.50. The average Bonchev–Trinajstić information content (AvgIpc) is 3.40. The Kier molecular flexibility index (Phi) is 5.88. The molecule has 0 aliphatic carbocycles. The second-order valence-electron chi connectivity index (χ2n) is 7.62. The van der Waals surface area contributed by atoms with E-state index in [-0.39, 0.29) is 19.2 Å². The van der Waals surface area contributed by atoms with Crippen LogP contribution in [0, 0.1) is 5.92 Å². The summed E-state index contributed by atoms with van der Waals surface area (Å²) in [6, 6.07) is -2.07. The molecule has 3 N–H and O–H groups in total. The Balaban J connectivity index is 1.22. The minimum absolute atomic E-state index is 0.0710. The predicted octanol–water partition coefficient (Wildman–Crippen LogP) is -1.69. The number of hydrogen-bond donors (Lipinski definition) is 3. The number of carbonyl (C=O) groups is 2. The molecule has 14 nitrogen and oxygen atoms in total. The van der Waals surface area contributed by atoms with E-state index in [1.165, 1.54) is 4.90 Å². The molecule has 30 heavy (non-hydrogen) atoms. The highest BCUT2D eigenvalue weighted by atomic mass is 32.3. The summed E-state index contributed by atoms with van der Waals surface area (Å²) in [4.78, 5) is 31.4. The number of amides is 3. The Labute approximate surface area is 172 Å². The number of rotatable bonds is 8. The standard InChI is InChI=1S/C15H23N7O7S/c23-14(13-2-1-12-8-21(13)15(24)22(12)29-30(25,26)27)18-28-9-11-5-10(6-16-11)7-20-4-3-17-19-20/h3-4,10-13,16H,1-2,5-9H2,(H,18,23)(H,25,26,27)/t10-,11-,12?,13?/m0/s1. The molecule has 2 bridgehead atoms. The third-order valence-electron chi connectivity index (χ3n) is 5.49. The lowest BCUT2D eigenvalue weighted by molar-refractivity contribution is -0.139. The zero-order valence-corrected chi connectivity index (χ0v) is 16.8. The quantitative estimate of drug-likeness (QED) is 0.310. The van der Waals surface area contributed by atoms with Gasteiger partial charge in [-0.3, -0.25) is 18.9 Å². The Morgan fingerprint density at radius 2 is 2.23 bits per heavy atom. The molecule has 4 atom stereocenters. The fraction of sp³-hybridized carbons (Fsp3) is 0.733. The van der Waals surface area contributed by atoms with Crippen molar-refractivity contribution in [2.75, 3.05) is 19.7 Å². The molecule has 0 spiro atoms. The van der Waals surface area contributed by atoms with Gasteiger partial charge < -0.3 is 10.2 Å². The van der Waals surface area contributed by atoms with Crippen molar-refractivity contribution in [3.05, 3.63) is 12.4 Å². The largest absolute Gasteiger partial charge is 0.418 e. The molecule has 3 amide bonds. The van der Waals surface area contributed by atoms with Gasteiger partial charge in [-0.05, 0) is 25.2 Å². The van der Waals surface area contributed by atoms with E-state index < -0.39 is 34.4 Å². The van der Waals surface area contributed by atoms with Crippen LogP contribution in [-0.2, 0) is 30.9 Å². The van der Waals surface area contributed by atoms with Gasteiger partial charge in [-0.25, -0.2) is 10.3 Å². The zero-order chi connectivity index (χ0) is 21.3. The third-order valence-corrected chi connectivity index (χ3v) is 5.84. The molecule has 15 heteroatoms. The van der Waals surface area contributed by atoms with Crippen LogP contribution in [0.3, 0.4) is 0 Å². The molecular formula is C15H23N7O7S. The first kappa shape index (κ1) is 20.9. The van der Waals surface area contributed by atoms with Crippen molar-refractivity contribution in [3.8, 4) is 0 Å². The minimum atomic E-state index is -4.82. The summed E-state index contributed by atoms with van der Waals surface area (Å²) in [5.74, 6) is -0.116. The van der Waals surface area contributed by atoms with Gasteiger partial charge >= 0.3 is 16.4 Å². The van der Waals surface area contributed by atoms with Crippen molar-refractivity contribution in [1.29, 1.82) is 0 Å². The van der Waals surface area contributed by atoms with E-state index in [1.54, 1.807) is 17.1 Å². The Bertz CT molecular complexity index is 880. The molecule has 3 fully saturated rings. The number of hydrogen-bond acceptors (Lipinski definition) is 9. The number of carbonyl (C=O) groups excluding carboxylic acids is 2. The van der Waals surface area contributed by atoms with Gasteiger partial charge in [-0.2, -0.15) is 13.5 Å². The van der Waals surface area contributed by atoms with E-state index in [4.69, 9.17) is 9.39 Å². The molecule has 3 saturated heterocycles.